The van der Waals surface area contributed by atoms with Gasteiger partial charge in [-0.05, 0) is 0 Å². The minimum atomic E-state index is -0.990. The van der Waals surface area contributed by atoms with Gasteiger partial charge >= 0.3 is 5.97 Å². The van der Waals surface area contributed by atoms with E-state index in [0.717, 1.165) is 0 Å². The van der Waals surface area contributed by atoms with Gasteiger partial charge in [0.2, 0.25) is 11.6 Å². The Morgan fingerprint density at radius 3 is 3.00 bits per heavy atom. The molecule has 18 heavy (non-hydrogen) atoms. The second kappa shape index (κ2) is 3.72. The summed E-state index contributed by atoms with van der Waals surface area (Å²) in [6.45, 7) is 0.0904. The van der Waals surface area contributed by atoms with Crippen LogP contribution in [0.15, 0.2) is 6.33 Å². The zero-order valence-electron chi connectivity index (χ0n) is 9.07. The van der Waals surface area contributed by atoms with E-state index in [1.54, 1.807) is 0 Å². The summed E-state index contributed by atoms with van der Waals surface area (Å²) in [5.74, 6) is -1.70. The molecule has 0 saturated carbocycles. The van der Waals surface area contributed by atoms with Crippen LogP contribution in [0.5, 0.6) is 0 Å². The Kier molecular flexibility index (Phi) is 2.18. The van der Waals surface area contributed by atoms with Gasteiger partial charge in [-0.15, -0.1) is 5.10 Å². The van der Waals surface area contributed by atoms with Crippen molar-refractivity contribution < 1.29 is 14.7 Å². The molecule has 1 amide bonds. The molecule has 9 heteroatoms. The summed E-state index contributed by atoms with van der Waals surface area (Å²) in [5.41, 5.74) is 0.698. The zero-order chi connectivity index (χ0) is 12.7. The van der Waals surface area contributed by atoms with E-state index in [1.165, 1.54) is 11.2 Å². The van der Waals surface area contributed by atoms with E-state index in [9.17, 15) is 9.59 Å². The van der Waals surface area contributed by atoms with Crippen molar-refractivity contribution in [2.45, 2.75) is 6.42 Å². The number of hydrogen-bond acceptors (Lipinski definition) is 6. The maximum absolute atomic E-state index is 11.8. The molecular formula is C9H8N6O3. The van der Waals surface area contributed by atoms with E-state index in [-0.39, 0.29) is 18.9 Å². The van der Waals surface area contributed by atoms with Gasteiger partial charge in [0.15, 0.2) is 11.3 Å². The first-order chi connectivity index (χ1) is 8.66. The van der Waals surface area contributed by atoms with Crippen molar-refractivity contribution in [1.82, 2.24) is 25.4 Å². The molecule has 9 nitrogen and oxygen atoms in total. The Hall–Kier alpha value is -2.58. The maximum atomic E-state index is 11.8. The third-order valence-electron chi connectivity index (χ3n) is 2.83. The lowest BCUT2D eigenvalue weighted by Gasteiger charge is -2.14. The van der Waals surface area contributed by atoms with E-state index in [4.69, 9.17) is 5.11 Å². The monoisotopic (exact) mass is 248 g/mol. The predicted molar refractivity (Wildman–Crippen MR) is 57.6 cm³/mol. The normalized spacial score (nSPS) is 19.7. The predicted octanol–water partition coefficient (Wildman–Crippen LogP) is -0.815. The smallest absolute Gasteiger partial charge is 0.308 e. The molecule has 92 valence electrons. The second-order valence-corrected chi connectivity index (χ2v) is 3.94. The van der Waals surface area contributed by atoms with Crippen molar-refractivity contribution in [2.24, 2.45) is 5.92 Å². The number of aromatic amines is 1. The van der Waals surface area contributed by atoms with Gasteiger partial charge in [0.25, 0.3) is 0 Å². The quantitative estimate of drug-likeness (QED) is 0.711. The van der Waals surface area contributed by atoms with E-state index < -0.39 is 11.9 Å². The van der Waals surface area contributed by atoms with Crippen LogP contribution in [0.2, 0.25) is 0 Å². The summed E-state index contributed by atoms with van der Waals surface area (Å²) in [7, 11) is 0. The molecule has 1 unspecified atom stereocenters. The van der Waals surface area contributed by atoms with Gasteiger partial charge in [0, 0.05) is 13.0 Å². The number of anilines is 1. The number of aliphatic carboxylic acids is 1. The number of hydrogen-bond donors (Lipinski definition) is 2. The van der Waals surface area contributed by atoms with E-state index in [1.807, 2.05) is 0 Å². The zero-order valence-corrected chi connectivity index (χ0v) is 9.07. The highest BCUT2D eigenvalue weighted by Crippen LogP contribution is 2.26. The lowest BCUT2D eigenvalue weighted by molar-refractivity contribution is -0.141. The number of nitrogens with one attached hydrogen (secondary N) is 1. The van der Waals surface area contributed by atoms with Gasteiger partial charge in [-0.25, -0.2) is 9.97 Å². The largest absolute Gasteiger partial charge is 0.481 e. The molecule has 1 atom stereocenters. The van der Waals surface area contributed by atoms with Crippen LogP contribution in [0.4, 0.5) is 5.82 Å². The Balaban J connectivity index is 2.03. The highest BCUT2D eigenvalue weighted by atomic mass is 16.4. The number of carbonyl (C=O) groups is 2. The van der Waals surface area contributed by atoms with Crippen LogP contribution in [-0.4, -0.2) is 48.9 Å². The molecule has 0 radical (unpaired) electrons. The van der Waals surface area contributed by atoms with Gasteiger partial charge in [-0.3, -0.25) is 14.5 Å². The van der Waals surface area contributed by atoms with E-state index in [2.05, 4.69) is 25.4 Å². The fourth-order valence-electron chi connectivity index (χ4n) is 1.94. The van der Waals surface area contributed by atoms with Crippen molar-refractivity contribution >= 4 is 28.9 Å². The Morgan fingerprint density at radius 1 is 1.44 bits per heavy atom. The Labute approximate surface area is 99.8 Å². The van der Waals surface area contributed by atoms with Gasteiger partial charge in [-0.1, -0.05) is 0 Å². The minimum Gasteiger partial charge on any atom is -0.481 e. The number of nitrogens with zero attached hydrogens (tertiary/aromatic N) is 5. The molecule has 1 saturated heterocycles. The van der Waals surface area contributed by atoms with Crippen molar-refractivity contribution in [3.05, 3.63) is 6.33 Å². The summed E-state index contributed by atoms with van der Waals surface area (Å²) in [5, 5.41) is 19.0. The first-order valence-corrected chi connectivity index (χ1v) is 5.21. The molecule has 1 aliphatic rings. The fraction of sp³-hybridized carbons (Fsp3) is 0.333. The van der Waals surface area contributed by atoms with Crippen LogP contribution >= 0.6 is 0 Å². The summed E-state index contributed by atoms with van der Waals surface area (Å²) in [6, 6.07) is 0. The molecule has 2 aromatic rings. The van der Waals surface area contributed by atoms with Gasteiger partial charge in [-0.2, -0.15) is 10.3 Å². The molecule has 0 spiro atoms. The molecule has 1 fully saturated rings. The van der Waals surface area contributed by atoms with Gasteiger partial charge < -0.3 is 5.11 Å². The summed E-state index contributed by atoms with van der Waals surface area (Å²) >= 11 is 0. The molecule has 0 aliphatic carbocycles. The summed E-state index contributed by atoms with van der Waals surface area (Å²) in [6.07, 6.45) is 1.24. The molecule has 3 rings (SSSR count). The van der Waals surface area contributed by atoms with Crippen LogP contribution in [0.25, 0.3) is 11.2 Å². The average Bonchev–Trinajstić information content (AvgIpc) is 2.94. The standard InChI is InChI=1S/C9H8N6O3/c16-5-1-4(9(17)18)2-15(5)8-6-7(10-3-11-8)13-14-12-6/h3-4H,1-2H2,(H,17,18)(H,10,11,12,13,14). The van der Waals surface area contributed by atoms with Crippen molar-refractivity contribution in [3.63, 3.8) is 0 Å². The Bertz CT molecular complexity index is 638. The van der Waals surface area contributed by atoms with Crippen LogP contribution in [0, 0.1) is 5.92 Å². The topological polar surface area (TPSA) is 125 Å². The summed E-state index contributed by atoms with van der Waals surface area (Å²) in [4.78, 5) is 31.9. The molecule has 2 N–H and O–H groups in total. The third-order valence-corrected chi connectivity index (χ3v) is 2.83. The number of H-pyrrole nitrogens is 1. The molecule has 0 aromatic carbocycles. The second-order valence-electron chi connectivity index (χ2n) is 3.94. The number of carboxylic acid groups (broad SMARTS) is 1. The lowest BCUT2D eigenvalue weighted by atomic mass is 10.1. The molecule has 2 aromatic heterocycles. The van der Waals surface area contributed by atoms with E-state index >= 15 is 0 Å². The number of amides is 1. The molecular weight excluding hydrogens is 240 g/mol. The Morgan fingerprint density at radius 2 is 2.28 bits per heavy atom. The number of fused-ring (bicyclic) bond motifs is 1. The highest BCUT2D eigenvalue weighted by molar-refractivity contribution is 6.02. The summed E-state index contributed by atoms with van der Waals surface area (Å²) < 4.78 is 0. The number of aromatic nitrogens is 5. The lowest BCUT2D eigenvalue weighted by Crippen LogP contribution is -2.27. The number of carbonyl (C=O) groups excluding carboxylic acids is 1. The van der Waals surface area contributed by atoms with Crippen LogP contribution < -0.4 is 4.90 Å². The van der Waals surface area contributed by atoms with E-state index in [0.29, 0.717) is 17.0 Å². The van der Waals surface area contributed by atoms with Crippen molar-refractivity contribution in [3.8, 4) is 0 Å². The molecule has 3 heterocycles. The maximum Gasteiger partial charge on any atom is 0.308 e. The SMILES string of the molecule is O=C(O)C1CC(=O)N(c2ncnc3n[nH]nc23)C1. The molecule has 1 aliphatic heterocycles. The van der Waals surface area contributed by atoms with Gasteiger partial charge in [0.05, 0.1) is 5.92 Å². The van der Waals surface area contributed by atoms with Crippen LogP contribution in [-0.2, 0) is 9.59 Å². The van der Waals surface area contributed by atoms with Gasteiger partial charge in [0.1, 0.15) is 6.33 Å². The first-order valence-electron chi connectivity index (χ1n) is 5.21. The van der Waals surface area contributed by atoms with Crippen LogP contribution in [0.3, 0.4) is 0 Å². The fourth-order valence-corrected chi connectivity index (χ4v) is 1.94. The number of rotatable bonds is 2. The third kappa shape index (κ3) is 1.48. The highest BCUT2D eigenvalue weighted by Gasteiger charge is 2.36. The minimum absolute atomic E-state index is 0.0291. The van der Waals surface area contributed by atoms with Crippen molar-refractivity contribution in [1.29, 1.82) is 0 Å². The number of carboxylic acids is 1. The molecule has 0 bridgehead atoms. The average molecular weight is 248 g/mol. The van der Waals surface area contributed by atoms with Crippen molar-refractivity contribution in [2.75, 3.05) is 11.4 Å². The van der Waals surface area contributed by atoms with Crippen LogP contribution in [0.1, 0.15) is 6.42 Å². The first kappa shape index (κ1) is 10.6.